The highest BCUT2D eigenvalue weighted by Gasteiger charge is 2.32. The van der Waals surface area contributed by atoms with Gasteiger partial charge in [0.05, 0.1) is 16.6 Å². The number of hydrogen-bond donors (Lipinski definition) is 1. The van der Waals surface area contributed by atoms with Gasteiger partial charge in [-0.3, -0.25) is 0 Å². The third-order valence-corrected chi connectivity index (χ3v) is 4.57. The maximum Gasteiger partial charge on any atom is 0.185 e. The third kappa shape index (κ3) is 2.78. The fourth-order valence-electron chi connectivity index (χ4n) is 2.15. The van der Waals surface area contributed by atoms with Crippen molar-refractivity contribution in [2.75, 3.05) is 25.1 Å². The molecule has 1 fully saturated rings. The number of rotatable bonds is 3. The molecule has 0 aromatic carbocycles. The van der Waals surface area contributed by atoms with Gasteiger partial charge in [-0.05, 0) is 26.7 Å². The smallest absolute Gasteiger partial charge is 0.185 e. The SMILES string of the molecule is COC1(C)CCCN(c2ncc(C(C)O)s2)C1. The van der Waals surface area contributed by atoms with Gasteiger partial charge in [-0.25, -0.2) is 4.98 Å². The number of hydrogen-bond acceptors (Lipinski definition) is 5. The summed E-state index contributed by atoms with van der Waals surface area (Å²) in [6.07, 6.45) is 3.55. The highest BCUT2D eigenvalue weighted by Crippen LogP contribution is 2.32. The molecule has 2 unspecified atom stereocenters. The number of methoxy groups -OCH3 is 1. The van der Waals surface area contributed by atoms with E-state index in [1.54, 1.807) is 31.6 Å². The van der Waals surface area contributed by atoms with Crippen LogP contribution >= 0.6 is 11.3 Å². The molecule has 1 aliphatic rings. The summed E-state index contributed by atoms with van der Waals surface area (Å²) < 4.78 is 5.57. The minimum atomic E-state index is -0.431. The number of aliphatic hydroxyl groups is 1. The first kappa shape index (κ1) is 12.8. The average molecular weight is 256 g/mol. The molecule has 2 rings (SSSR count). The second-order valence-electron chi connectivity index (χ2n) is 4.90. The van der Waals surface area contributed by atoms with Crippen LogP contribution in [-0.2, 0) is 4.74 Å². The molecule has 1 aromatic heterocycles. The van der Waals surface area contributed by atoms with Crippen LogP contribution in [0.3, 0.4) is 0 Å². The van der Waals surface area contributed by atoms with E-state index in [4.69, 9.17) is 4.74 Å². The summed E-state index contributed by atoms with van der Waals surface area (Å²) in [4.78, 5) is 7.56. The second kappa shape index (κ2) is 4.92. The lowest BCUT2D eigenvalue weighted by molar-refractivity contribution is -0.00466. The molecule has 1 aliphatic heterocycles. The minimum Gasteiger partial charge on any atom is -0.388 e. The molecule has 1 saturated heterocycles. The van der Waals surface area contributed by atoms with Gasteiger partial charge >= 0.3 is 0 Å². The summed E-state index contributed by atoms with van der Waals surface area (Å²) in [7, 11) is 1.77. The number of thiazole rings is 1. The Kier molecular flexibility index (Phi) is 3.70. The fraction of sp³-hybridized carbons (Fsp3) is 0.750. The molecule has 2 atom stereocenters. The third-order valence-electron chi connectivity index (χ3n) is 3.35. The van der Waals surface area contributed by atoms with Crippen molar-refractivity contribution in [3.05, 3.63) is 11.1 Å². The first-order chi connectivity index (χ1) is 8.04. The molecule has 17 heavy (non-hydrogen) atoms. The van der Waals surface area contributed by atoms with Crippen LogP contribution in [0.5, 0.6) is 0 Å². The minimum absolute atomic E-state index is 0.0745. The Hall–Kier alpha value is -0.650. The van der Waals surface area contributed by atoms with Crippen molar-refractivity contribution in [1.82, 2.24) is 4.98 Å². The fourth-order valence-corrected chi connectivity index (χ4v) is 3.03. The van der Waals surface area contributed by atoms with Crippen LogP contribution in [0.2, 0.25) is 0 Å². The number of nitrogens with zero attached hydrogens (tertiary/aromatic N) is 2. The van der Waals surface area contributed by atoms with Gasteiger partial charge in [-0.2, -0.15) is 0 Å². The highest BCUT2D eigenvalue weighted by molar-refractivity contribution is 7.15. The number of anilines is 1. The highest BCUT2D eigenvalue weighted by atomic mass is 32.1. The Morgan fingerprint density at radius 1 is 1.65 bits per heavy atom. The lowest BCUT2D eigenvalue weighted by Gasteiger charge is -2.39. The Morgan fingerprint density at radius 3 is 3.00 bits per heavy atom. The van der Waals surface area contributed by atoms with Gasteiger partial charge in [0.1, 0.15) is 0 Å². The lowest BCUT2D eigenvalue weighted by atomic mass is 9.95. The van der Waals surface area contributed by atoms with Gasteiger partial charge in [0.15, 0.2) is 5.13 Å². The first-order valence-electron chi connectivity index (χ1n) is 5.98. The average Bonchev–Trinajstić information content (AvgIpc) is 2.78. The molecule has 1 N–H and O–H groups in total. The van der Waals surface area contributed by atoms with Crippen LogP contribution in [0.1, 0.15) is 37.7 Å². The van der Waals surface area contributed by atoms with E-state index in [1.165, 1.54) is 0 Å². The summed E-state index contributed by atoms with van der Waals surface area (Å²) >= 11 is 1.57. The van der Waals surface area contributed by atoms with Crippen LogP contribution in [0.25, 0.3) is 0 Å². The molecular weight excluding hydrogens is 236 g/mol. The Labute approximate surface area is 106 Å². The molecule has 0 saturated carbocycles. The largest absolute Gasteiger partial charge is 0.388 e. The predicted octanol–water partition coefficient (Wildman–Crippen LogP) is 2.20. The summed E-state index contributed by atoms with van der Waals surface area (Å²) in [5, 5.41) is 10.5. The second-order valence-corrected chi connectivity index (χ2v) is 5.94. The summed E-state index contributed by atoms with van der Waals surface area (Å²) in [6, 6.07) is 0. The van der Waals surface area contributed by atoms with Crippen molar-refractivity contribution in [3.8, 4) is 0 Å². The number of aliphatic hydroxyl groups excluding tert-OH is 1. The Morgan fingerprint density at radius 2 is 2.41 bits per heavy atom. The zero-order valence-corrected chi connectivity index (χ0v) is 11.5. The predicted molar refractivity (Wildman–Crippen MR) is 69.6 cm³/mol. The topological polar surface area (TPSA) is 45.6 Å². The van der Waals surface area contributed by atoms with E-state index >= 15 is 0 Å². The standard InChI is InChI=1S/C12H20N2O2S/c1-9(15)10-7-13-11(17-10)14-6-4-5-12(2,8-14)16-3/h7,9,15H,4-6,8H2,1-3H3. The van der Waals surface area contributed by atoms with E-state index in [2.05, 4.69) is 16.8 Å². The number of aromatic nitrogens is 1. The van der Waals surface area contributed by atoms with Crippen molar-refractivity contribution in [2.45, 2.75) is 38.4 Å². The van der Waals surface area contributed by atoms with Crippen molar-refractivity contribution in [1.29, 1.82) is 0 Å². The monoisotopic (exact) mass is 256 g/mol. The molecular formula is C12H20N2O2S. The molecule has 0 radical (unpaired) electrons. The van der Waals surface area contributed by atoms with Gasteiger partial charge in [-0.15, -0.1) is 0 Å². The Balaban J connectivity index is 2.11. The van der Waals surface area contributed by atoms with Crippen LogP contribution in [0.4, 0.5) is 5.13 Å². The van der Waals surface area contributed by atoms with Gasteiger partial charge < -0.3 is 14.7 Å². The molecule has 96 valence electrons. The van der Waals surface area contributed by atoms with Gasteiger partial charge in [-0.1, -0.05) is 11.3 Å². The van der Waals surface area contributed by atoms with E-state index < -0.39 is 6.10 Å². The first-order valence-corrected chi connectivity index (χ1v) is 6.79. The van der Waals surface area contributed by atoms with Crippen LogP contribution in [0, 0.1) is 0 Å². The van der Waals surface area contributed by atoms with Crippen molar-refractivity contribution < 1.29 is 9.84 Å². The van der Waals surface area contributed by atoms with Gasteiger partial charge in [0, 0.05) is 26.4 Å². The number of ether oxygens (including phenoxy) is 1. The van der Waals surface area contributed by atoms with E-state index in [1.807, 2.05) is 0 Å². The summed E-state index contributed by atoms with van der Waals surface area (Å²) in [5.74, 6) is 0. The Bertz CT molecular complexity index is 380. The molecule has 0 spiro atoms. The maximum absolute atomic E-state index is 9.51. The normalized spacial score (nSPS) is 27.2. The van der Waals surface area contributed by atoms with Gasteiger partial charge in [0.2, 0.25) is 0 Å². The maximum atomic E-state index is 9.51. The van der Waals surface area contributed by atoms with Crippen LogP contribution < -0.4 is 4.90 Å². The van der Waals surface area contributed by atoms with E-state index in [9.17, 15) is 5.11 Å². The molecule has 0 aliphatic carbocycles. The molecule has 2 heterocycles. The molecule has 1 aromatic rings. The van der Waals surface area contributed by atoms with E-state index in [0.717, 1.165) is 35.9 Å². The van der Waals surface area contributed by atoms with Crippen molar-refractivity contribution >= 4 is 16.5 Å². The molecule has 5 heteroatoms. The molecule has 0 bridgehead atoms. The zero-order chi connectivity index (χ0) is 12.5. The van der Waals surface area contributed by atoms with Crippen LogP contribution in [-0.4, -0.2) is 35.9 Å². The number of piperidine rings is 1. The molecule has 0 amide bonds. The van der Waals surface area contributed by atoms with E-state index in [0.29, 0.717) is 0 Å². The summed E-state index contributed by atoms with van der Waals surface area (Å²) in [6.45, 7) is 5.80. The molecule has 4 nitrogen and oxygen atoms in total. The lowest BCUT2D eigenvalue weighted by Crippen LogP contribution is -2.47. The van der Waals surface area contributed by atoms with Gasteiger partial charge in [0.25, 0.3) is 0 Å². The summed E-state index contributed by atoms with van der Waals surface area (Å²) in [5.41, 5.74) is -0.0745. The van der Waals surface area contributed by atoms with Crippen LogP contribution in [0.15, 0.2) is 6.20 Å². The quantitative estimate of drug-likeness (QED) is 0.900. The zero-order valence-electron chi connectivity index (χ0n) is 10.6. The van der Waals surface area contributed by atoms with Crippen molar-refractivity contribution in [2.24, 2.45) is 0 Å². The van der Waals surface area contributed by atoms with Crippen molar-refractivity contribution in [3.63, 3.8) is 0 Å². The van der Waals surface area contributed by atoms with E-state index in [-0.39, 0.29) is 5.60 Å².